The fraction of sp³-hybridized carbons (Fsp3) is 0.667. The van der Waals surface area contributed by atoms with Crippen molar-refractivity contribution in [3.63, 3.8) is 0 Å². The summed E-state index contributed by atoms with van der Waals surface area (Å²) in [5.74, 6) is 0. The molecule has 2 N–H and O–H groups in total. The zero-order valence-electron chi connectivity index (χ0n) is 8.06. The van der Waals surface area contributed by atoms with E-state index < -0.39 is 0 Å². The Morgan fingerprint density at radius 2 is 2.57 bits per heavy atom. The summed E-state index contributed by atoms with van der Waals surface area (Å²) in [5.41, 5.74) is 6.66. The maximum absolute atomic E-state index is 5.56. The molecule has 2 rings (SSSR count). The summed E-state index contributed by atoms with van der Waals surface area (Å²) in [6.45, 7) is 4.04. The van der Waals surface area contributed by atoms with Gasteiger partial charge in [0.2, 0.25) is 0 Å². The third kappa shape index (κ3) is 2.31. The van der Waals surface area contributed by atoms with E-state index in [0.29, 0.717) is 6.54 Å². The first-order chi connectivity index (χ1) is 6.88. The number of morpholine rings is 1. The average Bonchev–Trinajstić information content (AvgIpc) is 2.71. The molecule has 1 aromatic heterocycles. The van der Waals surface area contributed by atoms with E-state index in [-0.39, 0.29) is 6.10 Å². The molecule has 1 aliphatic rings. The highest BCUT2D eigenvalue weighted by Gasteiger charge is 2.19. The average molecular weight is 197 g/mol. The van der Waals surface area contributed by atoms with E-state index in [2.05, 4.69) is 10.1 Å². The topological polar surface area (TPSA) is 64.5 Å². The predicted molar refractivity (Wildman–Crippen MR) is 50.6 cm³/mol. The van der Waals surface area contributed by atoms with Crippen molar-refractivity contribution in [3.8, 4) is 0 Å². The third-order valence-corrected chi connectivity index (χ3v) is 2.38. The summed E-state index contributed by atoms with van der Waals surface area (Å²) in [7, 11) is 0. The summed E-state index contributed by atoms with van der Waals surface area (Å²) < 4.78 is 10.2. The van der Waals surface area contributed by atoms with Gasteiger partial charge in [0.25, 0.3) is 0 Å². The first kappa shape index (κ1) is 9.64. The van der Waals surface area contributed by atoms with Crippen molar-refractivity contribution in [1.29, 1.82) is 0 Å². The predicted octanol–water partition coefficient (Wildman–Crippen LogP) is -0.166. The van der Waals surface area contributed by atoms with E-state index >= 15 is 0 Å². The summed E-state index contributed by atoms with van der Waals surface area (Å²) in [6, 6.07) is 0. The molecule has 0 radical (unpaired) electrons. The molecule has 0 aliphatic carbocycles. The Morgan fingerprint density at radius 1 is 1.64 bits per heavy atom. The van der Waals surface area contributed by atoms with Crippen molar-refractivity contribution in [2.24, 2.45) is 5.73 Å². The molecule has 0 spiro atoms. The van der Waals surface area contributed by atoms with Gasteiger partial charge >= 0.3 is 0 Å². The Labute approximate surface area is 82.8 Å². The number of hydrogen-bond acceptors (Lipinski definition) is 5. The van der Waals surface area contributed by atoms with Gasteiger partial charge in [-0.3, -0.25) is 4.90 Å². The molecule has 1 fully saturated rings. The van der Waals surface area contributed by atoms with Crippen LogP contribution in [0.3, 0.4) is 0 Å². The number of rotatable bonds is 3. The van der Waals surface area contributed by atoms with E-state index in [9.17, 15) is 0 Å². The second-order valence-electron chi connectivity index (χ2n) is 3.50. The van der Waals surface area contributed by atoms with Crippen LogP contribution in [0.2, 0.25) is 0 Å². The van der Waals surface area contributed by atoms with Crippen LogP contribution in [0.5, 0.6) is 0 Å². The molecule has 0 bridgehead atoms. The molecule has 1 aliphatic heterocycles. The number of nitrogens with two attached hydrogens (primary N) is 1. The van der Waals surface area contributed by atoms with E-state index in [4.69, 9.17) is 15.0 Å². The Morgan fingerprint density at radius 3 is 3.29 bits per heavy atom. The molecule has 5 heteroatoms. The summed E-state index contributed by atoms with van der Waals surface area (Å²) in [6.07, 6.45) is 3.59. The highest BCUT2D eigenvalue weighted by molar-refractivity contribution is 5.00. The van der Waals surface area contributed by atoms with Crippen LogP contribution >= 0.6 is 0 Å². The maximum atomic E-state index is 5.56. The standard InChI is InChI=1S/C9H15N3O2/c10-3-9-6-12(1-2-13-9)5-8-4-11-14-7-8/h4,7,9H,1-3,5-6,10H2. The van der Waals surface area contributed by atoms with Crippen LogP contribution in [-0.2, 0) is 11.3 Å². The van der Waals surface area contributed by atoms with E-state index in [1.807, 2.05) is 0 Å². The molecule has 2 heterocycles. The second-order valence-corrected chi connectivity index (χ2v) is 3.50. The molecule has 0 aromatic carbocycles. The van der Waals surface area contributed by atoms with Crippen LogP contribution in [0.15, 0.2) is 17.0 Å². The highest BCUT2D eigenvalue weighted by atomic mass is 16.5. The Kier molecular flexibility index (Phi) is 3.13. The van der Waals surface area contributed by atoms with E-state index in [0.717, 1.165) is 31.8 Å². The van der Waals surface area contributed by atoms with Crippen LogP contribution in [0, 0.1) is 0 Å². The first-order valence-corrected chi connectivity index (χ1v) is 4.81. The van der Waals surface area contributed by atoms with Crippen LogP contribution in [0.25, 0.3) is 0 Å². The summed E-state index contributed by atoms with van der Waals surface area (Å²) in [5, 5.41) is 3.67. The van der Waals surface area contributed by atoms with Gasteiger partial charge in [-0.25, -0.2) is 0 Å². The molecule has 0 amide bonds. The molecular formula is C9H15N3O2. The highest BCUT2D eigenvalue weighted by Crippen LogP contribution is 2.08. The summed E-state index contributed by atoms with van der Waals surface area (Å²) >= 11 is 0. The number of nitrogens with zero attached hydrogens (tertiary/aromatic N) is 2. The van der Waals surface area contributed by atoms with Gasteiger partial charge in [0.15, 0.2) is 0 Å². The van der Waals surface area contributed by atoms with Crippen molar-refractivity contribution in [3.05, 3.63) is 18.0 Å². The van der Waals surface area contributed by atoms with Gasteiger partial charge in [0.1, 0.15) is 6.26 Å². The quantitative estimate of drug-likeness (QED) is 0.729. The lowest BCUT2D eigenvalue weighted by Crippen LogP contribution is -2.45. The smallest absolute Gasteiger partial charge is 0.128 e. The largest absolute Gasteiger partial charge is 0.374 e. The van der Waals surface area contributed by atoms with Gasteiger partial charge < -0.3 is 15.0 Å². The van der Waals surface area contributed by atoms with Gasteiger partial charge in [-0.1, -0.05) is 5.16 Å². The van der Waals surface area contributed by atoms with Gasteiger partial charge in [0.05, 0.1) is 18.9 Å². The molecule has 1 aromatic rings. The minimum absolute atomic E-state index is 0.170. The Bertz CT molecular complexity index is 263. The van der Waals surface area contributed by atoms with Crippen molar-refractivity contribution in [1.82, 2.24) is 10.1 Å². The zero-order chi connectivity index (χ0) is 9.80. The second kappa shape index (κ2) is 4.54. The number of ether oxygens (including phenoxy) is 1. The molecule has 0 saturated carbocycles. The lowest BCUT2D eigenvalue weighted by atomic mass is 10.2. The zero-order valence-corrected chi connectivity index (χ0v) is 8.06. The monoisotopic (exact) mass is 197 g/mol. The SMILES string of the molecule is NCC1CN(Cc2cnoc2)CCO1. The first-order valence-electron chi connectivity index (χ1n) is 4.81. The lowest BCUT2D eigenvalue weighted by Gasteiger charge is -2.31. The van der Waals surface area contributed by atoms with Crippen molar-refractivity contribution >= 4 is 0 Å². The molecule has 14 heavy (non-hydrogen) atoms. The maximum Gasteiger partial charge on any atom is 0.128 e. The molecule has 5 nitrogen and oxygen atoms in total. The molecule has 1 atom stereocenters. The van der Waals surface area contributed by atoms with Gasteiger partial charge in [-0.15, -0.1) is 0 Å². The minimum atomic E-state index is 0.170. The van der Waals surface area contributed by atoms with Crippen LogP contribution in [0.1, 0.15) is 5.56 Å². The van der Waals surface area contributed by atoms with Gasteiger partial charge in [-0.05, 0) is 0 Å². The molecule has 1 unspecified atom stereocenters. The third-order valence-electron chi connectivity index (χ3n) is 2.38. The minimum Gasteiger partial charge on any atom is -0.374 e. The van der Waals surface area contributed by atoms with Crippen molar-refractivity contribution < 1.29 is 9.26 Å². The van der Waals surface area contributed by atoms with Crippen molar-refractivity contribution in [2.75, 3.05) is 26.2 Å². The van der Waals surface area contributed by atoms with E-state index in [1.54, 1.807) is 12.5 Å². The number of aromatic nitrogens is 1. The molecular weight excluding hydrogens is 182 g/mol. The van der Waals surface area contributed by atoms with Crippen LogP contribution in [-0.4, -0.2) is 42.4 Å². The van der Waals surface area contributed by atoms with Gasteiger partial charge in [-0.2, -0.15) is 0 Å². The van der Waals surface area contributed by atoms with E-state index in [1.165, 1.54) is 0 Å². The fourth-order valence-electron chi connectivity index (χ4n) is 1.63. The fourth-order valence-corrected chi connectivity index (χ4v) is 1.63. The Hall–Kier alpha value is -0.910. The molecule has 1 saturated heterocycles. The van der Waals surface area contributed by atoms with Crippen LogP contribution < -0.4 is 5.73 Å². The van der Waals surface area contributed by atoms with Gasteiger partial charge in [0, 0.05) is 31.7 Å². The normalized spacial score (nSPS) is 23.9. The van der Waals surface area contributed by atoms with Crippen LogP contribution in [0.4, 0.5) is 0 Å². The molecule has 78 valence electrons. The van der Waals surface area contributed by atoms with Crippen molar-refractivity contribution in [2.45, 2.75) is 12.6 Å². The number of hydrogen-bond donors (Lipinski definition) is 1. The lowest BCUT2D eigenvalue weighted by molar-refractivity contribution is -0.0260. The Balaban J connectivity index is 1.86. The summed E-state index contributed by atoms with van der Waals surface area (Å²) in [4.78, 5) is 2.30.